The first-order chi connectivity index (χ1) is 13.4. The van der Waals surface area contributed by atoms with Gasteiger partial charge in [0, 0.05) is 5.92 Å². The van der Waals surface area contributed by atoms with E-state index in [0.29, 0.717) is 24.0 Å². The number of carbonyl (C=O) groups excluding carboxylic acids is 1. The fraction of sp³-hybridized carbons (Fsp3) is 0.762. The Labute approximate surface area is 167 Å². The average Bonchev–Trinajstić information content (AvgIpc) is 3.32. The summed E-state index contributed by atoms with van der Waals surface area (Å²) in [4.78, 5) is 16.9. The molecule has 0 spiro atoms. The number of rotatable bonds is 8. The lowest BCUT2D eigenvalue weighted by Crippen LogP contribution is -2.25. The van der Waals surface area contributed by atoms with Gasteiger partial charge in [-0.1, -0.05) is 50.1 Å². The molecule has 2 aliphatic rings. The van der Waals surface area contributed by atoms with Crippen molar-refractivity contribution < 1.29 is 14.1 Å². The number of nitrogens with zero attached hydrogens (tertiary/aromatic N) is 4. The Bertz CT molecular complexity index is 711. The fourth-order valence-corrected chi connectivity index (χ4v) is 3.95. The van der Waals surface area contributed by atoms with Gasteiger partial charge in [0.25, 0.3) is 0 Å². The molecule has 0 aromatic carbocycles. The molecule has 3 rings (SSSR count). The van der Waals surface area contributed by atoms with E-state index in [4.69, 9.17) is 9.26 Å². The lowest BCUT2D eigenvalue weighted by atomic mass is 9.84. The zero-order valence-corrected chi connectivity index (χ0v) is 17.3. The number of aromatic nitrogens is 2. The van der Waals surface area contributed by atoms with Gasteiger partial charge in [0.1, 0.15) is 11.3 Å². The fourth-order valence-electron chi connectivity index (χ4n) is 3.95. The van der Waals surface area contributed by atoms with Gasteiger partial charge < -0.3 is 9.26 Å². The van der Waals surface area contributed by atoms with Crippen LogP contribution in [0.15, 0.2) is 20.8 Å². The van der Waals surface area contributed by atoms with E-state index in [1.54, 1.807) is 0 Å². The minimum absolute atomic E-state index is 0.126. The highest BCUT2D eigenvalue weighted by Crippen LogP contribution is 2.32. The summed E-state index contributed by atoms with van der Waals surface area (Å²) in [6.07, 6.45) is 12.0. The second kappa shape index (κ2) is 9.43. The molecule has 0 N–H and O–H groups in total. The number of carbonyl (C=O) groups is 1. The van der Waals surface area contributed by atoms with Gasteiger partial charge in [0.05, 0.1) is 13.0 Å². The smallest absolute Gasteiger partial charge is 0.307 e. The molecule has 0 radical (unpaired) electrons. The van der Waals surface area contributed by atoms with Crippen molar-refractivity contribution in [1.29, 1.82) is 0 Å². The maximum absolute atomic E-state index is 12.4. The summed E-state index contributed by atoms with van der Waals surface area (Å²) in [6.45, 7) is 6.18. The van der Waals surface area contributed by atoms with Crippen LogP contribution in [0.5, 0.6) is 0 Å². The van der Waals surface area contributed by atoms with Gasteiger partial charge in [0.2, 0.25) is 11.7 Å². The van der Waals surface area contributed by atoms with Crippen LogP contribution in [0.4, 0.5) is 0 Å². The maximum Gasteiger partial charge on any atom is 0.307 e. The molecule has 1 atom stereocenters. The summed E-state index contributed by atoms with van der Waals surface area (Å²) >= 11 is 0. The minimum atomic E-state index is -0.501. The Morgan fingerprint density at radius 2 is 2.07 bits per heavy atom. The van der Waals surface area contributed by atoms with E-state index in [1.807, 2.05) is 26.8 Å². The summed E-state index contributed by atoms with van der Waals surface area (Å²) < 4.78 is 11.0. The number of azo groups is 1. The first-order valence-corrected chi connectivity index (χ1v) is 10.5. The molecule has 1 aliphatic heterocycles. The molecule has 0 bridgehead atoms. The van der Waals surface area contributed by atoms with Gasteiger partial charge in [-0.05, 0) is 39.2 Å². The molecule has 0 unspecified atom stereocenters. The summed E-state index contributed by atoms with van der Waals surface area (Å²) in [5, 5.41) is 12.0. The van der Waals surface area contributed by atoms with E-state index >= 15 is 0 Å². The van der Waals surface area contributed by atoms with Crippen LogP contribution in [0, 0.1) is 5.92 Å². The van der Waals surface area contributed by atoms with Crippen LogP contribution in [-0.4, -0.2) is 28.3 Å². The molecule has 1 aromatic heterocycles. The lowest BCUT2D eigenvalue weighted by Gasteiger charge is -2.23. The Hall–Kier alpha value is -2.05. The van der Waals surface area contributed by atoms with E-state index in [1.165, 1.54) is 38.5 Å². The molecule has 28 heavy (non-hydrogen) atoms. The third-order valence-electron chi connectivity index (χ3n) is 5.29. The van der Waals surface area contributed by atoms with E-state index in [9.17, 15) is 4.79 Å². The maximum atomic E-state index is 12.4. The number of esters is 1. The van der Waals surface area contributed by atoms with Gasteiger partial charge in [-0.25, -0.2) is 0 Å². The quantitative estimate of drug-likeness (QED) is 0.553. The first-order valence-electron chi connectivity index (χ1n) is 10.5. The molecular weight excluding hydrogens is 356 g/mol. The summed E-state index contributed by atoms with van der Waals surface area (Å²) in [5.41, 5.74) is 0.131. The highest BCUT2D eigenvalue weighted by Gasteiger charge is 2.27. The van der Waals surface area contributed by atoms with Crippen molar-refractivity contribution in [3.63, 3.8) is 0 Å². The summed E-state index contributed by atoms with van der Waals surface area (Å²) in [5.74, 6) is 1.40. The Morgan fingerprint density at radius 1 is 1.29 bits per heavy atom. The van der Waals surface area contributed by atoms with Crippen LogP contribution in [0.25, 0.3) is 5.70 Å². The highest BCUT2D eigenvalue weighted by molar-refractivity contribution is 5.70. The molecule has 1 fully saturated rings. The van der Waals surface area contributed by atoms with Gasteiger partial charge in [-0.3, -0.25) is 4.79 Å². The van der Waals surface area contributed by atoms with E-state index < -0.39 is 5.60 Å². The molecule has 1 aliphatic carbocycles. The number of hydrogen-bond acceptors (Lipinski definition) is 7. The number of ether oxygens (including phenoxy) is 1. The normalized spacial score (nSPS) is 18.9. The summed E-state index contributed by atoms with van der Waals surface area (Å²) in [7, 11) is 0. The zero-order chi connectivity index (χ0) is 20.0. The van der Waals surface area contributed by atoms with Crippen LogP contribution in [0.2, 0.25) is 0 Å². The van der Waals surface area contributed by atoms with Crippen LogP contribution in [0.3, 0.4) is 0 Å². The molecule has 0 saturated heterocycles. The standard InChI is InChI=1S/C21H32N4O3/c1-21(2,3)27-18(26)14-16(11-7-10-15-8-5-4-6-9-15)20-23-19(25-28-20)17-12-13-22-24-17/h12,15-16H,4-11,13-14H2,1-3H3/t16-/m1/s1. The van der Waals surface area contributed by atoms with Crippen molar-refractivity contribution >= 4 is 11.7 Å². The van der Waals surface area contributed by atoms with Crippen molar-refractivity contribution in [3.8, 4) is 0 Å². The number of hydrogen-bond donors (Lipinski definition) is 0. The van der Waals surface area contributed by atoms with Crippen molar-refractivity contribution in [2.75, 3.05) is 6.54 Å². The molecule has 154 valence electrons. The van der Waals surface area contributed by atoms with Crippen LogP contribution < -0.4 is 0 Å². The Morgan fingerprint density at radius 3 is 2.75 bits per heavy atom. The molecule has 7 heteroatoms. The topological polar surface area (TPSA) is 89.9 Å². The molecule has 0 amide bonds. The Balaban J connectivity index is 1.63. The third-order valence-corrected chi connectivity index (χ3v) is 5.29. The second-order valence-corrected chi connectivity index (χ2v) is 8.89. The SMILES string of the molecule is CC(C)(C)OC(=O)C[C@@H](CCCC1CCCCC1)c1nc(C2=CCN=N2)no1. The predicted octanol–water partition coefficient (Wildman–Crippen LogP) is 5.44. The van der Waals surface area contributed by atoms with Crippen LogP contribution in [0.1, 0.15) is 96.2 Å². The third kappa shape index (κ3) is 6.24. The largest absolute Gasteiger partial charge is 0.460 e. The van der Waals surface area contributed by atoms with Crippen molar-refractivity contribution in [1.82, 2.24) is 10.1 Å². The van der Waals surface area contributed by atoms with Gasteiger partial charge in [-0.2, -0.15) is 15.2 Å². The van der Waals surface area contributed by atoms with E-state index in [2.05, 4.69) is 20.4 Å². The molecule has 7 nitrogen and oxygen atoms in total. The van der Waals surface area contributed by atoms with E-state index in [-0.39, 0.29) is 18.3 Å². The van der Waals surface area contributed by atoms with Gasteiger partial charge in [-0.15, -0.1) is 0 Å². The molecular formula is C21H32N4O3. The van der Waals surface area contributed by atoms with Crippen LogP contribution in [-0.2, 0) is 9.53 Å². The minimum Gasteiger partial charge on any atom is -0.460 e. The average molecular weight is 389 g/mol. The lowest BCUT2D eigenvalue weighted by molar-refractivity contribution is -0.155. The predicted molar refractivity (Wildman–Crippen MR) is 106 cm³/mol. The monoisotopic (exact) mass is 388 g/mol. The highest BCUT2D eigenvalue weighted by atomic mass is 16.6. The van der Waals surface area contributed by atoms with Gasteiger partial charge in [0.15, 0.2) is 0 Å². The molecule has 2 heterocycles. The van der Waals surface area contributed by atoms with Crippen molar-refractivity contribution in [2.45, 2.75) is 90.1 Å². The van der Waals surface area contributed by atoms with Gasteiger partial charge >= 0.3 is 5.97 Å². The summed E-state index contributed by atoms with van der Waals surface area (Å²) in [6, 6.07) is 0. The Kier molecular flexibility index (Phi) is 6.97. The van der Waals surface area contributed by atoms with E-state index in [0.717, 1.165) is 18.8 Å². The van der Waals surface area contributed by atoms with Crippen molar-refractivity contribution in [3.05, 3.63) is 17.8 Å². The first kappa shape index (κ1) is 20.7. The molecule has 1 aromatic rings. The zero-order valence-electron chi connectivity index (χ0n) is 17.3. The van der Waals surface area contributed by atoms with Crippen molar-refractivity contribution in [2.24, 2.45) is 16.1 Å². The molecule has 1 saturated carbocycles. The van der Waals surface area contributed by atoms with Crippen LogP contribution >= 0.6 is 0 Å². The second-order valence-electron chi connectivity index (χ2n) is 8.89.